The molecule has 0 saturated heterocycles. The van der Waals surface area contributed by atoms with E-state index in [1.165, 1.54) is 86.9 Å². The Bertz CT molecular complexity index is 3940. The minimum absolute atomic E-state index is 0.0211. The summed E-state index contributed by atoms with van der Waals surface area (Å²) in [6.07, 6.45) is 0. The van der Waals surface area contributed by atoms with Gasteiger partial charge >= 0.3 is 0 Å². The fourth-order valence-electron chi connectivity index (χ4n) is 11.6. The molecule has 10 aromatic rings. The number of furan rings is 1. The smallest absolute Gasteiger partial charge is 0.264 e. The van der Waals surface area contributed by atoms with Gasteiger partial charge in [0.15, 0.2) is 0 Å². The van der Waals surface area contributed by atoms with Crippen LogP contribution in [0.5, 0.6) is 0 Å². The van der Waals surface area contributed by atoms with Gasteiger partial charge in [0.05, 0.1) is 56.5 Å². The standard InChI is InChI=1S/C61H55BN4OS/c1-58(2,3)34-20-22-43-39(26-34)40-28-36(60(7,8)9)30-47-54(40)64(43)48-31-37(61(10,11)12)29-42-56(48)66(47)46-25-33(32-63)24-45-53(46)62(42)57-55(41-27-35(59(4,5)6)21-23-51(41)68-57)65(45)44-17-15-19-50-52(44)38-16-13-14-18-49(38)67-50/h13-31H,1-12H3. The lowest BCUT2D eigenvalue weighted by Crippen LogP contribution is -2.61. The zero-order valence-corrected chi connectivity index (χ0v) is 42.0. The van der Waals surface area contributed by atoms with Gasteiger partial charge in [0.2, 0.25) is 0 Å². The third kappa shape index (κ3) is 5.56. The number of nitrogens with zero attached hydrogens (tertiary/aromatic N) is 4. The summed E-state index contributed by atoms with van der Waals surface area (Å²) in [6, 6.07) is 46.1. The molecule has 0 radical (unpaired) electrons. The molecule has 7 aromatic carbocycles. The molecule has 3 aliphatic heterocycles. The van der Waals surface area contributed by atoms with Crippen molar-refractivity contribution in [3.8, 4) is 11.8 Å². The Kier molecular flexibility index (Phi) is 8.09. The van der Waals surface area contributed by atoms with Crippen molar-refractivity contribution >= 4 is 122 Å². The molecule has 3 aliphatic rings. The lowest BCUT2D eigenvalue weighted by molar-refractivity contribution is 0.590. The van der Waals surface area contributed by atoms with E-state index in [9.17, 15) is 5.26 Å². The largest absolute Gasteiger partial charge is 0.456 e. The molecule has 0 bridgehead atoms. The van der Waals surface area contributed by atoms with Crippen LogP contribution in [0.15, 0.2) is 120 Å². The molecule has 6 heterocycles. The third-order valence-corrected chi connectivity index (χ3v) is 16.5. The highest BCUT2D eigenvalue weighted by Gasteiger charge is 2.49. The van der Waals surface area contributed by atoms with Crippen molar-refractivity contribution in [3.63, 3.8) is 0 Å². The molecule has 0 atom stereocenters. The van der Waals surface area contributed by atoms with Crippen LogP contribution < -0.4 is 25.5 Å². The van der Waals surface area contributed by atoms with Gasteiger partial charge in [-0.3, -0.25) is 0 Å². The van der Waals surface area contributed by atoms with Crippen molar-refractivity contribution in [1.29, 1.82) is 5.26 Å². The molecule has 0 saturated carbocycles. The Labute approximate surface area is 403 Å². The minimum atomic E-state index is -0.148. The number of thiophene rings is 1. The van der Waals surface area contributed by atoms with Crippen LogP contribution in [0.2, 0.25) is 0 Å². The van der Waals surface area contributed by atoms with Crippen molar-refractivity contribution in [2.45, 2.75) is 105 Å². The minimum Gasteiger partial charge on any atom is -0.456 e. The predicted molar refractivity (Wildman–Crippen MR) is 291 cm³/mol. The van der Waals surface area contributed by atoms with Crippen LogP contribution in [0.1, 0.15) is 111 Å². The first-order chi connectivity index (χ1) is 32.2. The number of aromatic nitrogens is 1. The summed E-state index contributed by atoms with van der Waals surface area (Å²) < 4.78 is 11.8. The van der Waals surface area contributed by atoms with E-state index < -0.39 is 0 Å². The van der Waals surface area contributed by atoms with Gasteiger partial charge in [-0.25, -0.2) is 0 Å². The van der Waals surface area contributed by atoms with Crippen LogP contribution in [0, 0.1) is 11.3 Å². The molecule has 68 heavy (non-hydrogen) atoms. The summed E-state index contributed by atoms with van der Waals surface area (Å²) in [6.45, 7) is 27.8. The number of nitriles is 1. The van der Waals surface area contributed by atoms with Crippen LogP contribution in [0.3, 0.4) is 0 Å². The first-order valence-electron chi connectivity index (χ1n) is 24.2. The van der Waals surface area contributed by atoms with Crippen molar-refractivity contribution in [2.75, 3.05) is 9.80 Å². The van der Waals surface area contributed by atoms with Crippen LogP contribution in [-0.4, -0.2) is 11.3 Å². The third-order valence-electron chi connectivity index (χ3n) is 15.3. The van der Waals surface area contributed by atoms with E-state index >= 15 is 0 Å². The molecule has 3 aromatic heterocycles. The van der Waals surface area contributed by atoms with Gasteiger partial charge in [0, 0.05) is 42.4 Å². The highest BCUT2D eigenvalue weighted by atomic mass is 32.1. The van der Waals surface area contributed by atoms with Crippen LogP contribution in [-0.2, 0) is 21.7 Å². The van der Waals surface area contributed by atoms with Crippen LogP contribution in [0.25, 0.3) is 59.5 Å². The molecule has 0 unspecified atom stereocenters. The first kappa shape index (κ1) is 41.4. The van der Waals surface area contributed by atoms with E-state index in [2.05, 4.69) is 213 Å². The monoisotopic (exact) mass is 902 g/mol. The molecule has 0 aliphatic carbocycles. The van der Waals surface area contributed by atoms with Crippen molar-refractivity contribution in [3.05, 3.63) is 143 Å². The maximum atomic E-state index is 11.2. The van der Waals surface area contributed by atoms with Gasteiger partial charge in [-0.1, -0.05) is 126 Å². The average molecular weight is 903 g/mol. The fourth-order valence-corrected chi connectivity index (χ4v) is 12.9. The van der Waals surface area contributed by atoms with Crippen LogP contribution >= 0.6 is 11.3 Å². The SMILES string of the molecule is CC(C)(C)c1cc2c3c(c1)-n1c4ccc(C(C)(C)C)cc4c4cc(C(C)(C)C)cc(c41)N3c1cc(C#N)cc3c1B2c1sc2ccc(C(C)(C)C)cc2c1N3c1cccc2oc3ccccc3c12. The molecule has 0 amide bonds. The lowest BCUT2D eigenvalue weighted by Gasteiger charge is -2.46. The maximum absolute atomic E-state index is 11.2. The van der Waals surface area contributed by atoms with E-state index in [1.54, 1.807) is 0 Å². The number of hydrogen-bond acceptors (Lipinski definition) is 5. The number of anilines is 6. The second-order valence-corrected chi connectivity index (χ2v) is 24.9. The van der Waals surface area contributed by atoms with E-state index in [1.807, 2.05) is 17.4 Å². The second kappa shape index (κ2) is 13.3. The second-order valence-electron chi connectivity index (χ2n) is 23.8. The van der Waals surface area contributed by atoms with Gasteiger partial charge in [0.25, 0.3) is 6.71 Å². The van der Waals surface area contributed by atoms with Crippen molar-refractivity contribution < 1.29 is 4.42 Å². The van der Waals surface area contributed by atoms with E-state index in [0.717, 1.165) is 44.7 Å². The molecular formula is C61H55BN4OS. The molecule has 7 heteroatoms. The molecular weight excluding hydrogens is 848 g/mol. The summed E-state index contributed by atoms with van der Waals surface area (Å²) in [5.74, 6) is 0. The van der Waals surface area contributed by atoms with Gasteiger partial charge in [-0.15, -0.1) is 11.3 Å². The highest BCUT2D eigenvalue weighted by molar-refractivity contribution is 7.33. The highest BCUT2D eigenvalue weighted by Crippen LogP contribution is 2.56. The summed E-state index contributed by atoms with van der Waals surface area (Å²) in [5.41, 5.74) is 20.0. The zero-order valence-electron chi connectivity index (χ0n) is 41.2. The number of fused-ring (bicyclic) bond motifs is 14. The van der Waals surface area contributed by atoms with E-state index in [-0.39, 0.29) is 28.4 Å². The van der Waals surface area contributed by atoms with Gasteiger partial charge in [0.1, 0.15) is 11.2 Å². The lowest BCUT2D eigenvalue weighted by atomic mass is 9.35. The molecule has 0 fully saturated rings. The zero-order chi connectivity index (χ0) is 47.3. The Balaban J connectivity index is 1.24. The molecule has 334 valence electrons. The molecule has 5 nitrogen and oxygen atoms in total. The average Bonchev–Trinajstić information content (AvgIpc) is 3.97. The predicted octanol–water partition coefficient (Wildman–Crippen LogP) is 15.4. The Morgan fingerprint density at radius 3 is 1.81 bits per heavy atom. The number of benzene rings is 7. The number of rotatable bonds is 1. The summed E-state index contributed by atoms with van der Waals surface area (Å²) >= 11 is 1.93. The van der Waals surface area contributed by atoms with Crippen molar-refractivity contribution in [2.24, 2.45) is 0 Å². The number of para-hydroxylation sites is 1. The van der Waals surface area contributed by atoms with Crippen LogP contribution in [0.4, 0.5) is 34.1 Å². The van der Waals surface area contributed by atoms with Crippen molar-refractivity contribution in [1.82, 2.24) is 4.57 Å². The molecule has 0 spiro atoms. The quantitative estimate of drug-likeness (QED) is 0.154. The number of hydrogen-bond donors (Lipinski definition) is 0. The summed E-state index contributed by atoms with van der Waals surface area (Å²) in [4.78, 5) is 5.08. The van der Waals surface area contributed by atoms with Gasteiger partial charge in [-0.2, -0.15) is 5.26 Å². The summed E-state index contributed by atoms with van der Waals surface area (Å²) in [7, 11) is 0. The maximum Gasteiger partial charge on any atom is 0.264 e. The molecule has 0 N–H and O–H groups in total. The normalized spacial score (nSPS) is 14.4. The van der Waals surface area contributed by atoms with E-state index in [4.69, 9.17) is 4.42 Å². The molecule has 13 rings (SSSR count). The Morgan fingerprint density at radius 2 is 1.12 bits per heavy atom. The Morgan fingerprint density at radius 1 is 0.515 bits per heavy atom. The fraction of sp³-hybridized carbons (Fsp3) is 0.262. The first-order valence-corrected chi connectivity index (χ1v) is 25.0. The summed E-state index contributed by atoms with van der Waals surface area (Å²) in [5, 5.41) is 17.1. The van der Waals surface area contributed by atoms with Gasteiger partial charge in [-0.05, 0) is 128 Å². The van der Waals surface area contributed by atoms with Gasteiger partial charge < -0.3 is 18.8 Å². The van der Waals surface area contributed by atoms with E-state index in [0.29, 0.717) is 5.56 Å². The topological polar surface area (TPSA) is 48.3 Å². The Hall–Kier alpha value is -6.75.